The van der Waals surface area contributed by atoms with Gasteiger partial charge in [0, 0.05) is 19.1 Å². The number of hydrogen-bond acceptors (Lipinski definition) is 4. The van der Waals surface area contributed by atoms with E-state index in [0.29, 0.717) is 12.6 Å². The Morgan fingerprint density at radius 2 is 2.20 bits per heavy atom. The van der Waals surface area contributed by atoms with Gasteiger partial charge in [-0.25, -0.2) is 0 Å². The maximum Gasteiger partial charge on any atom is 0.310 e. The van der Waals surface area contributed by atoms with Crippen LogP contribution in [0.2, 0.25) is 0 Å². The predicted molar refractivity (Wildman–Crippen MR) is 79.3 cm³/mol. The van der Waals surface area contributed by atoms with Crippen molar-refractivity contribution in [3.05, 3.63) is 35.9 Å². The van der Waals surface area contributed by atoms with Crippen LogP contribution in [0.3, 0.4) is 0 Å². The van der Waals surface area contributed by atoms with Crippen molar-refractivity contribution >= 4 is 5.97 Å². The molecule has 1 heterocycles. The van der Waals surface area contributed by atoms with Crippen LogP contribution in [0.5, 0.6) is 0 Å². The quantitative estimate of drug-likeness (QED) is 0.802. The Labute approximate surface area is 121 Å². The molecule has 1 aromatic rings. The number of carbonyl (C=O) groups excluding carboxylic acids is 1. The highest BCUT2D eigenvalue weighted by molar-refractivity contribution is 5.72. The molecular formula is C16H24N2O2. The molecule has 0 saturated carbocycles. The molecule has 1 saturated heterocycles. The van der Waals surface area contributed by atoms with Crippen LogP contribution in [-0.2, 0) is 16.1 Å². The topological polar surface area (TPSA) is 41.6 Å². The molecule has 0 bridgehead atoms. The second-order valence-electron chi connectivity index (χ2n) is 5.53. The van der Waals surface area contributed by atoms with Crippen LogP contribution in [0.25, 0.3) is 0 Å². The smallest absolute Gasteiger partial charge is 0.310 e. The van der Waals surface area contributed by atoms with Crippen molar-refractivity contribution < 1.29 is 9.53 Å². The molecule has 0 amide bonds. The number of benzene rings is 1. The summed E-state index contributed by atoms with van der Waals surface area (Å²) in [7, 11) is 1.99. The van der Waals surface area contributed by atoms with Crippen molar-refractivity contribution in [3.8, 4) is 0 Å². The van der Waals surface area contributed by atoms with Gasteiger partial charge in [0.1, 0.15) is 6.61 Å². The molecule has 1 aliphatic heterocycles. The summed E-state index contributed by atoms with van der Waals surface area (Å²) in [6.07, 6.45) is 1.16. The van der Waals surface area contributed by atoms with Crippen LogP contribution in [0.4, 0.5) is 0 Å². The fourth-order valence-corrected chi connectivity index (χ4v) is 2.57. The van der Waals surface area contributed by atoms with Crippen LogP contribution in [0.15, 0.2) is 30.3 Å². The number of ether oxygens (including phenoxy) is 1. The number of esters is 1. The van der Waals surface area contributed by atoms with Gasteiger partial charge < -0.3 is 15.0 Å². The normalized spacial score (nSPS) is 20.8. The predicted octanol–water partition coefficient (Wildman–Crippen LogP) is 1.66. The van der Waals surface area contributed by atoms with E-state index in [1.54, 1.807) is 0 Å². The fraction of sp³-hybridized carbons (Fsp3) is 0.562. The Hall–Kier alpha value is -1.39. The molecule has 0 aliphatic carbocycles. The molecule has 2 rings (SSSR count). The van der Waals surface area contributed by atoms with Crippen molar-refractivity contribution in [2.24, 2.45) is 5.92 Å². The van der Waals surface area contributed by atoms with Crippen molar-refractivity contribution in [1.29, 1.82) is 0 Å². The Morgan fingerprint density at radius 1 is 1.45 bits per heavy atom. The van der Waals surface area contributed by atoms with E-state index in [0.717, 1.165) is 31.6 Å². The third-order valence-electron chi connectivity index (χ3n) is 3.84. The Bertz CT molecular complexity index is 422. The molecule has 2 unspecified atom stereocenters. The van der Waals surface area contributed by atoms with E-state index in [1.807, 2.05) is 44.3 Å². The Balaban J connectivity index is 1.72. The van der Waals surface area contributed by atoms with Gasteiger partial charge in [-0.2, -0.15) is 0 Å². The van der Waals surface area contributed by atoms with Crippen molar-refractivity contribution in [3.63, 3.8) is 0 Å². The molecule has 1 aromatic carbocycles. The third-order valence-corrected chi connectivity index (χ3v) is 3.84. The van der Waals surface area contributed by atoms with Crippen molar-refractivity contribution in [1.82, 2.24) is 10.2 Å². The van der Waals surface area contributed by atoms with Crippen molar-refractivity contribution in [2.75, 3.05) is 26.7 Å². The highest BCUT2D eigenvalue weighted by atomic mass is 16.5. The highest BCUT2D eigenvalue weighted by Gasteiger charge is 2.25. The van der Waals surface area contributed by atoms with Gasteiger partial charge in [-0.05, 0) is 25.6 Å². The zero-order chi connectivity index (χ0) is 14.4. The van der Waals surface area contributed by atoms with E-state index in [-0.39, 0.29) is 11.9 Å². The number of nitrogens with one attached hydrogen (secondary N) is 1. The second kappa shape index (κ2) is 7.41. The summed E-state index contributed by atoms with van der Waals surface area (Å²) in [5.74, 6) is -0.184. The molecule has 1 N–H and O–H groups in total. The summed E-state index contributed by atoms with van der Waals surface area (Å²) in [5.41, 5.74) is 1.03. The van der Waals surface area contributed by atoms with E-state index >= 15 is 0 Å². The maximum atomic E-state index is 12.0. The van der Waals surface area contributed by atoms with E-state index in [9.17, 15) is 4.79 Å². The SMILES string of the molecule is CNC1CCN(CC(C)C(=O)OCc2ccccc2)C1. The number of hydrogen-bond donors (Lipinski definition) is 1. The van der Waals surface area contributed by atoms with Crippen LogP contribution in [0, 0.1) is 5.92 Å². The molecule has 0 radical (unpaired) electrons. The standard InChI is InChI=1S/C16H24N2O2/c1-13(10-18-9-8-15(11-18)17-2)16(19)20-12-14-6-4-3-5-7-14/h3-7,13,15,17H,8-12H2,1-2H3. The average molecular weight is 276 g/mol. The molecule has 1 aliphatic rings. The van der Waals surface area contributed by atoms with Gasteiger partial charge >= 0.3 is 5.97 Å². The van der Waals surface area contributed by atoms with Crippen LogP contribution < -0.4 is 5.32 Å². The van der Waals surface area contributed by atoms with Gasteiger partial charge in [-0.15, -0.1) is 0 Å². The lowest BCUT2D eigenvalue weighted by Gasteiger charge is -2.20. The summed E-state index contributed by atoms with van der Waals surface area (Å²) in [4.78, 5) is 14.3. The third kappa shape index (κ3) is 4.32. The van der Waals surface area contributed by atoms with E-state index < -0.39 is 0 Å². The van der Waals surface area contributed by atoms with Gasteiger partial charge in [0.05, 0.1) is 5.92 Å². The molecule has 4 nitrogen and oxygen atoms in total. The van der Waals surface area contributed by atoms with Crippen LogP contribution in [0.1, 0.15) is 18.9 Å². The van der Waals surface area contributed by atoms with Crippen molar-refractivity contribution in [2.45, 2.75) is 26.0 Å². The first-order valence-corrected chi connectivity index (χ1v) is 7.29. The van der Waals surface area contributed by atoms with Gasteiger partial charge in [0.2, 0.25) is 0 Å². The number of carbonyl (C=O) groups is 1. The number of likely N-dealkylation sites (N-methyl/N-ethyl adjacent to an activating group) is 1. The van der Waals surface area contributed by atoms with Gasteiger partial charge in [-0.3, -0.25) is 4.79 Å². The molecule has 2 atom stereocenters. The summed E-state index contributed by atoms with van der Waals surface area (Å²) in [5, 5.41) is 3.29. The second-order valence-corrected chi connectivity index (χ2v) is 5.53. The molecule has 1 fully saturated rings. The van der Waals surface area contributed by atoms with E-state index in [4.69, 9.17) is 4.74 Å². The van der Waals surface area contributed by atoms with E-state index in [2.05, 4.69) is 10.2 Å². The number of rotatable bonds is 6. The maximum absolute atomic E-state index is 12.0. The minimum absolute atomic E-state index is 0.0747. The lowest BCUT2D eigenvalue weighted by atomic mass is 10.1. The first-order chi connectivity index (χ1) is 9.69. The number of nitrogens with zero attached hydrogens (tertiary/aromatic N) is 1. The highest BCUT2D eigenvalue weighted by Crippen LogP contribution is 2.12. The molecule has 4 heteroatoms. The first kappa shape index (κ1) is 15.0. The molecule has 20 heavy (non-hydrogen) atoms. The Kier molecular flexibility index (Phi) is 5.56. The Morgan fingerprint density at radius 3 is 2.85 bits per heavy atom. The lowest BCUT2D eigenvalue weighted by molar-refractivity contribution is -0.149. The molecule has 110 valence electrons. The minimum atomic E-state index is -0.109. The zero-order valence-electron chi connectivity index (χ0n) is 12.3. The van der Waals surface area contributed by atoms with Gasteiger partial charge in [0.25, 0.3) is 0 Å². The molecule has 0 aromatic heterocycles. The van der Waals surface area contributed by atoms with E-state index in [1.165, 1.54) is 0 Å². The van der Waals surface area contributed by atoms with Gasteiger partial charge in [0.15, 0.2) is 0 Å². The largest absolute Gasteiger partial charge is 0.461 e. The summed E-state index contributed by atoms with van der Waals surface area (Å²) < 4.78 is 5.37. The molecule has 0 spiro atoms. The summed E-state index contributed by atoms with van der Waals surface area (Å²) >= 11 is 0. The van der Waals surface area contributed by atoms with Crippen LogP contribution in [-0.4, -0.2) is 43.6 Å². The minimum Gasteiger partial charge on any atom is -0.461 e. The summed E-state index contributed by atoms with van der Waals surface area (Å²) in [6.45, 7) is 5.17. The summed E-state index contributed by atoms with van der Waals surface area (Å²) in [6, 6.07) is 10.4. The van der Waals surface area contributed by atoms with Gasteiger partial charge in [-0.1, -0.05) is 37.3 Å². The number of likely N-dealkylation sites (tertiary alicyclic amines) is 1. The lowest BCUT2D eigenvalue weighted by Crippen LogP contribution is -2.34. The molecular weight excluding hydrogens is 252 g/mol. The van der Waals surface area contributed by atoms with Crippen LogP contribution >= 0.6 is 0 Å². The first-order valence-electron chi connectivity index (χ1n) is 7.29. The average Bonchev–Trinajstić information content (AvgIpc) is 2.93. The fourth-order valence-electron chi connectivity index (χ4n) is 2.57. The zero-order valence-corrected chi connectivity index (χ0v) is 12.3. The monoisotopic (exact) mass is 276 g/mol.